The lowest BCUT2D eigenvalue weighted by atomic mass is 10.2. The van der Waals surface area contributed by atoms with Crippen LogP contribution >= 0.6 is 11.6 Å². The van der Waals surface area contributed by atoms with Crippen LogP contribution in [0.5, 0.6) is 5.75 Å². The highest BCUT2D eigenvalue weighted by atomic mass is 35.5. The Morgan fingerprint density at radius 1 is 1.35 bits per heavy atom. The predicted molar refractivity (Wildman–Crippen MR) is 76.8 cm³/mol. The Kier molecular flexibility index (Phi) is 5.38. The summed E-state index contributed by atoms with van der Waals surface area (Å²) in [5.74, 6) is 0.633. The van der Waals surface area contributed by atoms with Crippen LogP contribution in [0.3, 0.4) is 0 Å². The molecule has 2 aromatic rings. The molecular formula is C14H18ClN3O2. The zero-order valence-corrected chi connectivity index (χ0v) is 12.4. The van der Waals surface area contributed by atoms with Gasteiger partial charge in [0.1, 0.15) is 23.7 Å². The van der Waals surface area contributed by atoms with Gasteiger partial charge in [-0.05, 0) is 37.6 Å². The van der Waals surface area contributed by atoms with Crippen molar-refractivity contribution >= 4 is 11.6 Å². The van der Waals surface area contributed by atoms with Gasteiger partial charge in [-0.2, -0.15) is 0 Å². The number of nitrogens with one attached hydrogen (secondary N) is 1. The van der Waals surface area contributed by atoms with E-state index in [0.717, 1.165) is 30.8 Å². The summed E-state index contributed by atoms with van der Waals surface area (Å²) < 4.78 is 10.2. The van der Waals surface area contributed by atoms with E-state index in [1.54, 1.807) is 0 Å². The number of benzene rings is 1. The highest BCUT2D eigenvalue weighted by molar-refractivity contribution is 6.32. The largest absolute Gasteiger partial charge is 0.486 e. The van der Waals surface area contributed by atoms with E-state index in [-0.39, 0.29) is 0 Å². The summed E-state index contributed by atoms with van der Waals surface area (Å²) in [5.41, 5.74) is 2.53. The molecule has 20 heavy (non-hydrogen) atoms. The van der Waals surface area contributed by atoms with Gasteiger partial charge in [0.15, 0.2) is 0 Å². The normalized spacial score (nSPS) is 10.8. The van der Waals surface area contributed by atoms with Gasteiger partial charge in [0, 0.05) is 6.54 Å². The fraction of sp³-hybridized carbons (Fsp3) is 0.429. The van der Waals surface area contributed by atoms with Gasteiger partial charge in [-0.3, -0.25) is 0 Å². The zero-order chi connectivity index (χ0) is 14.4. The topological polar surface area (TPSA) is 60.2 Å². The molecule has 0 amide bonds. The summed E-state index contributed by atoms with van der Waals surface area (Å²) in [6.45, 7) is 6.05. The van der Waals surface area contributed by atoms with Crippen LogP contribution in [0.1, 0.15) is 30.3 Å². The Morgan fingerprint density at radius 2 is 2.20 bits per heavy atom. The molecule has 5 nitrogen and oxygen atoms in total. The van der Waals surface area contributed by atoms with Crippen molar-refractivity contribution in [1.82, 2.24) is 15.6 Å². The number of nitrogens with zero attached hydrogens (tertiary/aromatic N) is 2. The minimum atomic E-state index is 0.294. The molecule has 0 aliphatic rings. The number of ether oxygens (including phenoxy) is 1. The van der Waals surface area contributed by atoms with Crippen LogP contribution in [0, 0.1) is 6.92 Å². The number of hydrogen-bond acceptors (Lipinski definition) is 5. The number of aryl methyl sites for hydroxylation is 1. The van der Waals surface area contributed by atoms with Crippen molar-refractivity contribution in [2.45, 2.75) is 33.4 Å². The second kappa shape index (κ2) is 7.26. The van der Waals surface area contributed by atoms with Crippen molar-refractivity contribution in [1.29, 1.82) is 0 Å². The molecule has 0 saturated heterocycles. The number of rotatable bonds is 7. The Balaban J connectivity index is 1.94. The molecule has 0 atom stereocenters. The summed E-state index contributed by atoms with van der Waals surface area (Å²) in [7, 11) is 0. The molecule has 0 aliphatic heterocycles. The quantitative estimate of drug-likeness (QED) is 0.795. The van der Waals surface area contributed by atoms with Crippen molar-refractivity contribution in [3.8, 4) is 5.75 Å². The summed E-state index contributed by atoms with van der Waals surface area (Å²) in [5, 5.41) is 11.4. The van der Waals surface area contributed by atoms with Gasteiger partial charge in [0.25, 0.3) is 0 Å². The van der Waals surface area contributed by atoms with Crippen LogP contribution in [0.4, 0.5) is 0 Å². The Bertz CT molecular complexity index is 557. The number of aromatic nitrogens is 2. The first kappa shape index (κ1) is 14.8. The molecule has 2 rings (SSSR count). The molecule has 0 bridgehead atoms. The number of hydrogen-bond donors (Lipinski definition) is 1. The minimum absolute atomic E-state index is 0.294. The highest BCUT2D eigenvalue weighted by Crippen LogP contribution is 2.26. The van der Waals surface area contributed by atoms with Crippen LogP contribution in [0.15, 0.2) is 22.8 Å². The lowest BCUT2D eigenvalue weighted by molar-refractivity contribution is 0.270. The molecule has 1 aromatic carbocycles. The van der Waals surface area contributed by atoms with E-state index in [4.69, 9.17) is 16.3 Å². The first-order valence-corrected chi connectivity index (χ1v) is 6.98. The Labute approximate surface area is 123 Å². The Morgan fingerprint density at radius 3 is 2.85 bits per heavy atom. The van der Waals surface area contributed by atoms with Crippen molar-refractivity contribution in [3.63, 3.8) is 0 Å². The molecule has 1 aromatic heterocycles. The SMILES string of the molecule is CCCNCc1ccc(OCc2nonc2C)c(Cl)c1. The molecule has 0 spiro atoms. The van der Waals surface area contributed by atoms with E-state index in [9.17, 15) is 0 Å². The average Bonchev–Trinajstić information content (AvgIpc) is 2.84. The predicted octanol–water partition coefficient (Wildman–Crippen LogP) is 3.11. The van der Waals surface area contributed by atoms with E-state index in [1.807, 2.05) is 25.1 Å². The van der Waals surface area contributed by atoms with Crippen molar-refractivity contribution < 1.29 is 9.37 Å². The van der Waals surface area contributed by atoms with Crippen LogP contribution < -0.4 is 10.1 Å². The van der Waals surface area contributed by atoms with Gasteiger partial charge in [0.2, 0.25) is 0 Å². The third kappa shape index (κ3) is 3.95. The summed E-state index contributed by atoms with van der Waals surface area (Å²) >= 11 is 6.21. The second-order valence-corrected chi connectivity index (χ2v) is 4.93. The molecule has 1 N–H and O–H groups in total. The van der Waals surface area contributed by atoms with Gasteiger partial charge >= 0.3 is 0 Å². The Hall–Kier alpha value is -1.59. The minimum Gasteiger partial charge on any atom is -0.486 e. The number of halogens is 1. The van der Waals surface area contributed by atoms with Crippen LogP contribution in [-0.2, 0) is 13.2 Å². The van der Waals surface area contributed by atoms with Gasteiger partial charge in [-0.1, -0.05) is 34.9 Å². The summed E-state index contributed by atoms with van der Waals surface area (Å²) in [6, 6.07) is 5.78. The first-order chi connectivity index (χ1) is 9.70. The fourth-order valence-electron chi connectivity index (χ4n) is 1.71. The van der Waals surface area contributed by atoms with Crippen molar-refractivity contribution in [3.05, 3.63) is 40.2 Å². The second-order valence-electron chi connectivity index (χ2n) is 4.53. The zero-order valence-electron chi connectivity index (χ0n) is 11.6. The van der Waals surface area contributed by atoms with Gasteiger partial charge in [0.05, 0.1) is 5.02 Å². The standard InChI is InChI=1S/C14H18ClN3O2/c1-3-6-16-8-11-4-5-14(12(15)7-11)19-9-13-10(2)17-20-18-13/h4-5,7,16H,3,6,8-9H2,1-2H3. The maximum absolute atomic E-state index is 6.21. The molecule has 108 valence electrons. The van der Waals surface area contributed by atoms with Gasteiger partial charge in [-0.15, -0.1) is 0 Å². The molecule has 0 fully saturated rings. The fourth-order valence-corrected chi connectivity index (χ4v) is 1.97. The molecule has 1 heterocycles. The van der Waals surface area contributed by atoms with Crippen molar-refractivity contribution in [2.24, 2.45) is 0 Å². The van der Waals surface area contributed by atoms with Crippen LogP contribution in [-0.4, -0.2) is 16.9 Å². The smallest absolute Gasteiger partial charge is 0.145 e. The van der Waals surface area contributed by atoms with Crippen LogP contribution in [0.25, 0.3) is 0 Å². The molecular weight excluding hydrogens is 278 g/mol. The van der Waals surface area contributed by atoms with E-state index in [1.165, 1.54) is 0 Å². The van der Waals surface area contributed by atoms with E-state index in [0.29, 0.717) is 23.1 Å². The first-order valence-electron chi connectivity index (χ1n) is 6.60. The summed E-state index contributed by atoms with van der Waals surface area (Å²) in [6.07, 6.45) is 1.11. The van der Waals surface area contributed by atoms with Crippen molar-refractivity contribution in [2.75, 3.05) is 6.54 Å². The maximum Gasteiger partial charge on any atom is 0.145 e. The molecule has 0 radical (unpaired) electrons. The van der Waals surface area contributed by atoms with Crippen LogP contribution in [0.2, 0.25) is 5.02 Å². The molecule has 6 heteroatoms. The summed E-state index contributed by atoms with van der Waals surface area (Å²) in [4.78, 5) is 0. The molecule has 0 saturated carbocycles. The van der Waals surface area contributed by atoms with E-state index >= 15 is 0 Å². The van der Waals surface area contributed by atoms with Gasteiger partial charge in [-0.25, -0.2) is 4.63 Å². The molecule has 0 unspecified atom stereocenters. The van der Waals surface area contributed by atoms with Gasteiger partial charge < -0.3 is 10.1 Å². The lowest BCUT2D eigenvalue weighted by Crippen LogP contribution is -2.13. The lowest BCUT2D eigenvalue weighted by Gasteiger charge is -2.09. The average molecular weight is 296 g/mol. The maximum atomic E-state index is 6.21. The van der Waals surface area contributed by atoms with E-state index < -0.39 is 0 Å². The highest BCUT2D eigenvalue weighted by Gasteiger charge is 2.08. The monoisotopic (exact) mass is 295 g/mol. The third-order valence-electron chi connectivity index (χ3n) is 2.86. The van der Waals surface area contributed by atoms with E-state index in [2.05, 4.69) is 27.2 Å². The molecule has 0 aliphatic carbocycles. The third-order valence-corrected chi connectivity index (χ3v) is 3.16.